The zero-order valence-electron chi connectivity index (χ0n) is 8.36. The molecule has 0 aliphatic carbocycles. The van der Waals surface area contributed by atoms with Crippen LogP contribution in [-0.2, 0) is 0 Å². The molecule has 1 N–H and O–H groups in total. The smallest absolute Gasteiger partial charge is 0.265 e. The third kappa shape index (κ3) is 2.24. The molecular formula is C10H12BrNO2S. The van der Waals surface area contributed by atoms with Gasteiger partial charge in [0.1, 0.15) is 4.88 Å². The van der Waals surface area contributed by atoms with E-state index < -0.39 is 5.60 Å². The van der Waals surface area contributed by atoms with Crippen LogP contribution in [0.15, 0.2) is 15.9 Å². The second-order valence-corrected chi connectivity index (χ2v) is 5.84. The van der Waals surface area contributed by atoms with Gasteiger partial charge in [-0.25, -0.2) is 0 Å². The molecule has 1 fully saturated rings. The van der Waals surface area contributed by atoms with Crippen LogP contribution in [0.1, 0.15) is 23.0 Å². The number of nitrogens with zero attached hydrogens (tertiary/aromatic N) is 1. The molecule has 0 saturated carbocycles. The van der Waals surface area contributed by atoms with Gasteiger partial charge >= 0.3 is 0 Å². The Morgan fingerprint density at radius 3 is 2.93 bits per heavy atom. The van der Waals surface area contributed by atoms with E-state index in [1.165, 1.54) is 11.3 Å². The topological polar surface area (TPSA) is 40.5 Å². The molecule has 2 rings (SSSR count). The molecule has 0 spiro atoms. The second-order valence-electron chi connectivity index (χ2n) is 4.07. The molecule has 15 heavy (non-hydrogen) atoms. The highest BCUT2D eigenvalue weighted by atomic mass is 79.9. The van der Waals surface area contributed by atoms with Gasteiger partial charge in [-0.1, -0.05) is 0 Å². The van der Waals surface area contributed by atoms with Crippen molar-refractivity contribution in [3.05, 3.63) is 20.8 Å². The number of aliphatic hydroxyl groups is 1. The minimum absolute atomic E-state index is 0.00894. The second kappa shape index (κ2) is 3.88. The van der Waals surface area contributed by atoms with Crippen LogP contribution < -0.4 is 0 Å². The van der Waals surface area contributed by atoms with E-state index in [0.29, 0.717) is 24.4 Å². The van der Waals surface area contributed by atoms with Crippen LogP contribution >= 0.6 is 27.3 Å². The summed E-state index contributed by atoms with van der Waals surface area (Å²) in [7, 11) is 0. The van der Waals surface area contributed by atoms with E-state index in [4.69, 9.17) is 0 Å². The van der Waals surface area contributed by atoms with Gasteiger partial charge < -0.3 is 10.0 Å². The minimum atomic E-state index is -0.723. The summed E-state index contributed by atoms with van der Waals surface area (Å²) in [5.41, 5.74) is -0.723. The lowest BCUT2D eigenvalue weighted by molar-refractivity contribution is 0.0574. The first-order valence-corrected chi connectivity index (χ1v) is 6.41. The highest BCUT2D eigenvalue weighted by Crippen LogP contribution is 2.28. The van der Waals surface area contributed by atoms with E-state index in [9.17, 15) is 9.90 Å². The maximum Gasteiger partial charge on any atom is 0.265 e. The molecule has 1 aliphatic heterocycles. The van der Waals surface area contributed by atoms with Gasteiger partial charge in [0.15, 0.2) is 0 Å². The van der Waals surface area contributed by atoms with E-state index in [2.05, 4.69) is 15.9 Å². The van der Waals surface area contributed by atoms with Crippen molar-refractivity contribution in [3.63, 3.8) is 0 Å². The average Bonchev–Trinajstić information content (AvgIpc) is 2.71. The first-order chi connectivity index (χ1) is 6.99. The van der Waals surface area contributed by atoms with E-state index in [1.54, 1.807) is 11.8 Å². The Hall–Kier alpha value is -0.390. The number of β-amino-alcohol motifs (C(OH)–C–C–N with tert-alkyl or cyclic N) is 1. The number of carbonyl (C=O) groups excluding carboxylic acids is 1. The Kier molecular flexibility index (Phi) is 2.87. The fourth-order valence-electron chi connectivity index (χ4n) is 1.71. The summed E-state index contributed by atoms with van der Waals surface area (Å²) in [6, 6.07) is 1.87. The highest BCUT2D eigenvalue weighted by molar-refractivity contribution is 9.10. The van der Waals surface area contributed by atoms with E-state index in [0.717, 1.165) is 4.47 Å². The number of halogens is 1. The largest absolute Gasteiger partial charge is 0.388 e. The minimum Gasteiger partial charge on any atom is -0.388 e. The summed E-state index contributed by atoms with van der Waals surface area (Å²) >= 11 is 4.77. The highest BCUT2D eigenvalue weighted by Gasteiger charge is 2.35. The van der Waals surface area contributed by atoms with Crippen LogP contribution in [0.4, 0.5) is 0 Å². The van der Waals surface area contributed by atoms with E-state index >= 15 is 0 Å². The maximum atomic E-state index is 12.0. The van der Waals surface area contributed by atoms with Crippen molar-refractivity contribution in [2.75, 3.05) is 13.1 Å². The molecule has 0 bridgehead atoms. The lowest BCUT2D eigenvalue weighted by Crippen LogP contribution is -2.33. The van der Waals surface area contributed by atoms with Gasteiger partial charge in [-0.3, -0.25) is 4.79 Å². The Bertz CT molecular complexity index is 389. The number of carbonyl (C=O) groups is 1. The molecule has 3 nitrogen and oxygen atoms in total. The Morgan fingerprint density at radius 1 is 1.73 bits per heavy atom. The van der Waals surface area contributed by atoms with Crippen molar-refractivity contribution in [2.24, 2.45) is 0 Å². The number of likely N-dealkylation sites (tertiary alicyclic amines) is 1. The van der Waals surface area contributed by atoms with Gasteiger partial charge in [-0.2, -0.15) is 0 Å². The first-order valence-electron chi connectivity index (χ1n) is 4.74. The Labute approximate surface area is 101 Å². The fraction of sp³-hybridized carbons (Fsp3) is 0.500. The summed E-state index contributed by atoms with van der Waals surface area (Å²) in [6.45, 7) is 2.83. The summed E-state index contributed by atoms with van der Waals surface area (Å²) in [5, 5.41) is 11.7. The Balaban J connectivity index is 2.14. The van der Waals surface area contributed by atoms with E-state index in [1.807, 2.05) is 11.4 Å². The molecule has 1 unspecified atom stereocenters. The molecule has 1 aromatic rings. The average molecular weight is 290 g/mol. The summed E-state index contributed by atoms with van der Waals surface area (Å²) in [4.78, 5) is 14.4. The standard InChI is InChI=1S/C10H12BrNO2S/c1-10(14)3-4-12(6-10)9(13)8-7(11)2-5-15-8/h2,5,14H,3-4,6H2,1H3. The predicted octanol–water partition coefficient (Wildman–Crippen LogP) is 2.11. The summed E-state index contributed by atoms with van der Waals surface area (Å²) in [6.07, 6.45) is 0.654. The molecule has 82 valence electrons. The lowest BCUT2D eigenvalue weighted by Gasteiger charge is -2.18. The van der Waals surface area contributed by atoms with Gasteiger partial charge in [0.2, 0.25) is 0 Å². The van der Waals surface area contributed by atoms with Crippen LogP contribution in [0.5, 0.6) is 0 Å². The van der Waals surface area contributed by atoms with Gasteiger partial charge in [0.25, 0.3) is 5.91 Å². The molecule has 0 aromatic carbocycles. The first kappa shape index (κ1) is 11.1. The molecule has 1 atom stereocenters. The van der Waals surface area contributed by atoms with Crippen LogP contribution in [0.2, 0.25) is 0 Å². The van der Waals surface area contributed by atoms with Crippen LogP contribution in [0.3, 0.4) is 0 Å². The molecule has 0 radical (unpaired) electrons. The Morgan fingerprint density at radius 2 is 2.47 bits per heavy atom. The zero-order valence-corrected chi connectivity index (χ0v) is 10.8. The summed E-state index contributed by atoms with van der Waals surface area (Å²) in [5.74, 6) is 0.00894. The quantitative estimate of drug-likeness (QED) is 0.860. The van der Waals surface area contributed by atoms with Crippen molar-refractivity contribution in [2.45, 2.75) is 18.9 Å². The lowest BCUT2D eigenvalue weighted by atomic mass is 10.1. The van der Waals surface area contributed by atoms with Gasteiger partial charge in [0.05, 0.1) is 5.60 Å². The number of amides is 1. The number of hydrogen-bond acceptors (Lipinski definition) is 3. The van der Waals surface area contributed by atoms with Gasteiger partial charge in [0, 0.05) is 17.6 Å². The van der Waals surface area contributed by atoms with Crippen molar-refractivity contribution in [1.29, 1.82) is 0 Å². The third-order valence-corrected chi connectivity index (χ3v) is 4.38. The third-order valence-electron chi connectivity index (χ3n) is 2.55. The SMILES string of the molecule is CC1(O)CCN(C(=O)c2sccc2Br)C1. The molecule has 2 heterocycles. The number of hydrogen-bond donors (Lipinski definition) is 1. The monoisotopic (exact) mass is 289 g/mol. The predicted molar refractivity (Wildman–Crippen MR) is 63.2 cm³/mol. The van der Waals surface area contributed by atoms with Crippen LogP contribution in [-0.4, -0.2) is 34.6 Å². The van der Waals surface area contributed by atoms with Crippen molar-refractivity contribution in [3.8, 4) is 0 Å². The van der Waals surface area contributed by atoms with Crippen molar-refractivity contribution in [1.82, 2.24) is 4.90 Å². The number of rotatable bonds is 1. The van der Waals surface area contributed by atoms with E-state index in [-0.39, 0.29) is 5.91 Å². The zero-order chi connectivity index (χ0) is 11.1. The van der Waals surface area contributed by atoms with Crippen molar-refractivity contribution < 1.29 is 9.90 Å². The van der Waals surface area contributed by atoms with Gasteiger partial charge in [-0.15, -0.1) is 11.3 Å². The molecule has 5 heteroatoms. The molecular weight excluding hydrogens is 278 g/mol. The molecule has 1 aliphatic rings. The molecule has 1 saturated heterocycles. The van der Waals surface area contributed by atoms with Gasteiger partial charge in [-0.05, 0) is 40.7 Å². The number of thiophene rings is 1. The van der Waals surface area contributed by atoms with Crippen LogP contribution in [0, 0.1) is 0 Å². The normalized spacial score (nSPS) is 25.9. The van der Waals surface area contributed by atoms with Crippen LogP contribution in [0.25, 0.3) is 0 Å². The molecule has 1 aromatic heterocycles. The maximum absolute atomic E-state index is 12.0. The molecule has 1 amide bonds. The fourth-order valence-corrected chi connectivity index (χ4v) is 3.22. The summed E-state index contributed by atoms with van der Waals surface area (Å²) < 4.78 is 0.837. The van der Waals surface area contributed by atoms with Crippen molar-refractivity contribution >= 4 is 33.2 Å².